The largest absolute Gasteiger partial charge is 0.480 e. The molecule has 5 heteroatoms. The summed E-state index contributed by atoms with van der Waals surface area (Å²) in [6.07, 6.45) is 0. The molecule has 0 aromatic heterocycles. The van der Waals surface area contributed by atoms with Crippen LogP contribution in [0.3, 0.4) is 0 Å². The topological polar surface area (TPSA) is 61.1 Å². The Morgan fingerprint density at radius 3 is 2.88 bits per heavy atom. The normalized spacial score (nSPS) is 11.8. The van der Waals surface area contributed by atoms with Gasteiger partial charge in [0.15, 0.2) is 0 Å². The van der Waals surface area contributed by atoms with Gasteiger partial charge in [0, 0.05) is 5.75 Å². The van der Waals surface area contributed by atoms with Crippen LogP contribution in [0.4, 0.5) is 4.39 Å². The summed E-state index contributed by atoms with van der Waals surface area (Å²) in [5.41, 5.74) is 0.869. The Bertz CT molecular complexity index is 442. The second kappa shape index (κ2) is 5.52. The van der Waals surface area contributed by atoms with Crippen molar-refractivity contribution in [3.8, 4) is 6.07 Å². The Morgan fingerprint density at radius 1 is 1.62 bits per heavy atom. The summed E-state index contributed by atoms with van der Waals surface area (Å²) >= 11 is 1.19. The zero-order chi connectivity index (χ0) is 12.1. The molecule has 0 fully saturated rings. The maximum Gasteiger partial charge on any atom is 0.316 e. The van der Waals surface area contributed by atoms with E-state index < -0.39 is 17.0 Å². The SMILES string of the molecule is CC(SCc1cc(F)cc(C#N)c1)C(=O)O. The monoisotopic (exact) mass is 239 g/mol. The summed E-state index contributed by atoms with van der Waals surface area (Å²) in [7, 11) is 0. The van der Waals surface area contributed by atoms with Gasteiger partial charge in [-0.05, 0) is 30.7 Å². The van der Waals surface area contributed by atoms with E-state index in [0.717, 1.165) is 6.07 Å². The van der Waals surface area contributed by atoms with Gasteiger partial charge in [0.05, 0.1) is 16.9 Å². The molecule has 0 saturated heterocycles. The third kappa shape index (κ3) is 3.55. The molecular weight excluding hydrogens is 229 g/mol. The van der Waals surface area contributed by atoms with Crippen LogP contribution < -0.4 is 0 Å². The Balaban J connectivity index is 2.71. The van der Waals surface area contributed by atoms with Crippen molar-refractivity contribution in [3.63, 3.8) is 0 Å². The van der Waals surface area contributed by atoms with Crippen LogP contribution >= 0.6 is 11.8 Å². The predicted octanol–water partition coefficient (Wildman–Crippen LogP) is 2.40. The zero-order valence-corrected chi connectivity index (χ0v) is 9.42. The van der Waals surface area contributed by atoms with E-state index in [1.54, 1.807) is 13.0 Å². The first-order valence-electron chi connectivity index (χ1n) is 4.57. The maximum absolute atomic E-state index is 13.0. The van der Waals surface area contributed by atoms with E-state index in [4.69, 9.17) is 10.4 Å². The highest BCUT2D eigenvalue weighted by Gasteiger charge is 2.11. The van der Waals surface area contributed by atoms with Crippen LogP contribution in [0.1, 0.15) is 18.1 Å². The molecule has 0 bridgehead atoms. The minimum absolute atomic E-state index is 0.249. The van der Waals surface area contributed by atoms with Gasteiger partial charge in [-0.15, -0.1) is 11.8 Å². The van der Waals surface area contributed by atoms with Crippen molar-refractivity contribution in [1.82, 2.24) is 0 Å². The summed E-state index contributed by atoms with van der Waals surface area (Å²) in [6, 6.07) is 5.87. The fourth-order valence-corrected chi connectivity index (χ4v) is 1.84. The fourth-order valence-electron chi connectivity index (χ4n) is 1.09. The van der Waals surface area contributed by atoms with Crippen molar-refractivity contribution < 1.29 is 14.3 Å². The molecule has 1 N–H and O–H groups in total. The minimum atomic E-state index is -0.901. The maximum atomic E-state index is 13.0. The average molecular weight is 239 g/mol. The molecule has 0 aliphatic rings. The molecule has 0 saturated carbocycles. The Kier molecular flexibility index (Phi) is 4.32. The molecule has 3 nitrogen and oxygen atoms in total. The number of benzene rings is 1. The number of nitriles is 1. The zero-order valence-electron chi connectivity index (χ0n) is 8.61. The Hall–Kier alpha value is -1.54. The Morgan fingerprint density at radius 2 is 2.31 bits per heavy atom. The van der Waals surface area contributed by atoms with Crippen molar-refractivity contribution in [3.05, 3.63) is 35.1 Å². The van der Waals surface area contributed by atoms with Crippen molar-refractivity contribution in [1.29, 1.82) is 5.26 Å². The summed E-state index contributed by atoms with van der Waals surface area (Å²) in [5, 5.41) is 16.8. The van der Waals surface area contributed by atoms with E-state index >= 15 is 0 Å². The summed E-state index contributed by atoms with van der Waals surface area (Å²) in [5.74, 6) is -1.00. The van der Waals surface area contributed by atoms with E-state index in [0.29, 0.717) is 11.3 Å². The molecule has 84 valence electrons. The van der Waals surface area contributed by atoms with Gasteiger partial charge in [-0.25, -0.2) is 4.39 Å². The van der Waals surface area contributed by atoms with Crippen LogP contribution in [0.5, 0.6) is 0 Å². The smallest absolute Gasteiger partial charge is 0.316 e. The van der Waals surface area contributed by atoms with Gasteiger partial charge >= 0.3 is 5.97 Å². The molecular formula is C11H10FNO2S. The molecule has 0 aliphatic carbocycles. The quantitative estimate of drug-likeness (QED) is 0.876. The van der Waals surface area contributed by atoms with Gasteiger partial charge < -0.3 is 5.11 Å². The van der Waals surface area contributed by atoms with Gasteiger partial charge in [-0.2, -0.15) is 5.26 Å². The lowest BCUT2D eigenvalue weighted by atomic mass is 10.1. The number of carboxylic acids is 1. The molecule has 1 atom stereocenters. The number of carboxylic acid groups (broad SMARTS) is 1. The summed E-state index contributed by atoms with van der Waals surface area (Å²) in [6.45, 7) is 1.57. The number of hydrogen-bond donors (Lipinski definition) is 1. The first kappa shape index (κ1) is 12.5. The van der Waals surface area contributed by atoms with E-state index in [1.807, 2.05) is 6.07 Å². The van der Waals surface area contributed by atoms with E-state index in [9.17, 15) is 9.18 Å². The van der Waals surface area contributed by atoms with Gasteiger partial charge in [-0.1, -0.05) is 0 Å². The highest BCUT2D eigenvalue weighted by molar-refractivity contribution is 7.99. The predicted molar refractivity (Wildman–Crippen MR) is 59.5 cm³/mol. The van der Waals surface area contributed by atoms with Gasteiger partial charge in [0.1, 0.15) is 5.82 Å². The first-order chi connectivity index (χ1) is 7.52. The number of thioether (sulfide) groups is 1. The third-order valence-electron chi connectivity index (χ3n) is 1.93. The number of hydrogen-bond acceptors (Lipinski definition) is 3. The molecule has 0 radical (unpaired) electrons. The Labute approximate surface area is 96.9 Å². The fraction of sp³-hybridized carbons (Fsp3) is 0.273. The molecule has 0 spiro atoms. The minimum Gasteiger partial charge on any atom is -0.480 e. The van der Waals surface area contributed by atoms with Gasteiger partial charge in [0.25, 0.3) is 0 Å². The molecule has 0 amide bonds. The van der Waals surface area contributed by atoms with Crippen LogP contribution in [0, 0.1) is 17.1 Å². The van der Waals surface area contributed by atoms with Crippen LogP contribution in [-0.4, -0.2) is 16.3 Å². The highest BCUT2D eigenvalue weighted by Crippen LogP contribution is 2.19. The van der Waals surface area contributed by atoms with Crippen LogP contribution in [-0.2, 0) is 10.5 Å². The first-order valence-corrected chi connectivity index (χ1v) is 5.62. The van der Waals surface area contributed by atoms with Crippen LogP contribution in [0.25, 0.3) is 0 Å². The molecule has 1 rings (SSSR count). The van der Waals surface area contributed by atoms with E-state index in [1.165, 1.54) is 17.8 Å². The standard InChI is InChI=1S/C11H10FNO2S/c1-7(11(14)15)16-6-9-2-8(5-13)3-10(12)4-9/h2-4,7H,6H2,1H3,(H,14,15). The van der Waals surface area contributed by atoms with Crippen LogP contribution in [0.15, 0.2) is 18.2 Å². The van der Waals surface area contributed by atoms with E-state index in [2.05, 4.69) is 0 Å². The number of carbonyl (C=O) groups is 1. The van der Waals surface area contributed by atoms with Crippen molar-refractivity contribution in [2.24, 2.45) is 0 Å². The highest BCUT2D eigenvalue weighted by atomic mass is 32.2. The van der Waals surface area contributed by atoms with Crippen LogP contribution in [0.2, 0.25) is 0 Å². The lowest BCUT2D eigenvalue weighted by Crippen LogP contribution is -2.11. The lowest BCUT2D eigenvalue weighted by Gasteiger charge is -2.06. The number of nitrogens with zero attached hydrogens (tertiary/aromatic N) is 1. The lowest BCUT2D eigenvalue weighted by molar-refractivity contribution is -0.136. The number of halogens is 1. The molecule has 1 aromatic carbocycles. The summed E-state index contributed by atoms with van der Waals surface area (Å²) < 4.78 is 13.0. The van der Waals surface area contributed by atoms with Crippen molar-refractivity contribution in [2.45, 2.75) is 17.9 Å². The van der Waals surface area contributed by atoms with Crippen molar-refractivity contribution >= 4 is 17.7 Å². The van der Waals surface area contributed by atoms with E-state index in [-0.39, 0.29) is 5.56 Å². The summed E-state index contributed by atoms with van der Waals surface area (Å²) in [4.78, 5) is 10.6. The van der Waals surface area contributed by atoms with Crippen molar-refractivity contribution in [2.75, 3.05) is 0 Å². The molecule has 1 aromatic rings. The second-order valence-corrected chi connectivity index (χ2v) is 4.58. The third-order valence-corrected chi connectivity index (χ3v) is 3.14. The number of aliphatic carboxylic acids is 1. The van der Waals surface area contributed by atoms with Gasteiger partial charge in [0.2, 0.25) is 0 Å². The average Bonchev–Trinajstić information content (AvgIpc) is 2.24. The molecule has 1 unspecified atom stereocenters. The number of rotatable bonds is 4. The van der Waals surface area contributed by atoms with Gasteiger partial charge in [-0.3, -0.25) is 4.79 Å². The molecule has 16 heavy (non-hydrogen) atoms. The molecule has 0 aliphatic heterocycles. The second-order valence-electron chi connectivity index (χ2n) is 3.25. The molecule has 0 heterocycles.